The second-order valence-corrected chi connectivity index (χ2v) is 9.84. The fourth-order valence-corrected chi connectivity index (χ4v) is 5.36. The number of rotatable bonds is 3. The summed E-state index contributed by atoms with van der Waals surface area (Å²) in [7, 11) is 0. The molecule has 39 heavy (non-hydrogen) atoms. The molecule has 4 nitrogen and oxygen atoms in total. The lowest BCUT2D eigenvalue weighted by atomic mass is 10.0. The second kappa shape index (κ2) is 8.61. The first-order chi connectivity index (χ1) is 19.3. The van der Waals surface area contributed by atoms with Crippen molar-refractivity contribution in [3.63, 3.8) is 0 Å². The maximum Gasteiger partial charge on any atom is 0.160 e. The Morgan fingerprint density at radius 1 is 0.410 bits per heavy atom. The molecule has 0 aliphatic rings. The van der Waals surface area contributed by atoms with Crippen molar-refractivity contribution in [3.05, 3.63) is 133 Å². The summed E-state index contributed by atoms with van der Waals surface area (Å²) in [6, 6.07) is 46.3. The smallest absolute Gasteiger partial charge is 0.160 e. The lowest BCUT2D eigenvalue weighted by molar-refractivity contribution is 1.00. The summed E-state index contributed by atoms with van der Waals surface area (Å²) in [6.45, 7) is 0. The number of hydrogen-bond donors (Lipinski definition) is 0. The average Bonchev–Trinajstić information content (AvgIpc) is 3.46. The van der Waals surface area contributed by atoms with E-state index >= 15 is 0 Å². The summed E-state index contributed by atoms with van der Waals surface area (Å²) in [5.41, 5.74) is 6.61. The molecule has 0 saturated carbocycles. The molecule has 0 radical (unpaired) electrons. The van der Waals surface area contributed by atoms with E-state index < -0.39 is 0 Å². The molecule has 3 aromatic heterocycles. The molecule has 0 bridgehead atoms. The number of pyridine rings is 1. The minimum Gasteiger partial charge on any atom is -0.232 e. The summed E-state index contributed by atoms with van der Waals surface area (Å²) in [5, 5.41) is 10.9. The highest BCUT2D eigenvalue weighted by atomic mass is 15.2. The van der Waals surface area contributed by atoms with Crippen molar-refractivity contribution in [2.75, 3.05) is 0 Å². The predicted molar refractivity (Wildman–Crippen MR) is 160 cm³/mol. The maximum absolute atomic E-state index is 5.07. The van der Waals surface area contributed by atoms with Crippen LogP contribution in [0.3, 0.4) is 0 Å². The largest absolute Gasteiger partial charge is 0.232 e. The summed E-state index contributed by atoms with van der Waals surface area (Å²) in [6.07, 6.45) is 0. The number of para-hydroxylation sites is 1. The lowest BCUT2D eigenvalue weighted by Gasteiger charge is -2.09. The van der Waals surface area contributed by atoms with E-state index in [1.807, 2.05) is 10.6 Å². The standard InChI is InChI=1S/C35H22N4/c1-3-10-26-19-28(15-13-23(26)7-1)31-22-32(33-21-30-18-17-25-9-5-6-12-34(25)39(30)38-33)37-35(36-31)29-16-14-24-8-2-4-11-27(24)20-29/h1-22H. The molecule has 8 rings (SSSR count). The van der Waals surface area contributed by atoms with Crippen molar-refractivity contribution in [2.24, 2.45) is 0 Å². The van der Waals surface area contributed by atoms with Crippen LogP contribution in [0.2, 0.25) is 0 Å². The third-order valence-electron chi connectivity index (χ3n) is 7.38. The third-order valence-corrected chi connectivity index (χ3v) is 7.38. The van der Waals surface area contributed by atoms with Gasteiger partial charge in [0.2, 0.25) is 0 Å². The van der Waals surface area contributed by atoms with E-state index in [9.17, 15) is 0 Å². The van der Waals surface area contributed by atoms with Gasteiger partial charge in [0.25, 0.3) is 0 Å². The van der Waals surface area contributed by atoms with Crippen LogP contribution in [0.15, 0.2) is 133 Å². The highest BCUT2D eigenvalue weighted by Gasteiger charge is 2.15. The topological polar surface area (TPSA) is 43.1 Å². The Labute approximate surface area is 224 Å². The molecular formula is C35H22N4. The number of benzene rings is 5. The van der Waals surface area contributed by atoms with E-state index in [0.29, 0.717) is 5.82 Å². The van der Waals surface area contributed by atoms with Crippen molar-refractivity contribution in [2.45, 2.75) is 0 Å². The molecular weight excluding hydrogens is 476 g/mol. The Morgan fingerprint density at radius 3 is 1.77 bits per heavy atom. The van der Waals surface area contributed by atoms with Crippen LogP contribution in [-0.2, 0) is 0 Å². The molecule has 0 fully saturated rings. The molecule has 182 valence electrons. The summed E-state index contributed by atoms with van der Waals surface area (Å²) < 4.78 is 2.00. The Balaban J connectivity index is 1.36. The molecule has 0 saturated heterocycles. The first-order valence-electron chi connectivity index (χ1n) is 13.0. The van der Waals surface area contributed by atoms with Crippen LogP contribution in [0.5, 0.6) is 0 Å². The lowest BCUT2D eigenvalue weighted by Crippen LogP contribution is -1.97. The first-order valence-corrected chi connectivity index (χ1v) is 13.0. The van der Waals surface area contributed by atoms with Crippen molar-refractivity contribution >= 4 is 38.0 Å². The zero-order valence-corrected chi connectivity index (χ0v) is 21.0. The minimum atomic E-state index is 0.684. The van der Waals surface area contributed by atoms with Gasteiger partial charge in [0.05, 0.1) is 22.4 Å². The summed E-state index contributed by atoms with van der Waals surface area (Å²) in [4.78, 5) is 10.1. The normalized spacial score (nSPS) is 11.6. The molecule has 0 N–H and O–H groups in total. The van der Waals surface area contributed by atoms with Crippen LogP contribution < -0.4 is 0 Å². The van der Waals surface area contributed by atoms with Crippen LogP contribution in [-0.4, -0.2) is 19.6 Å². The number of nitrogens with zero attached hydrogens (tertiary/aromatic N) is 4. The molecule has 4 heteroatoms. The van der Waals surface area contributed by atoms with E-state index in [-0.39, 0.29) is 0 Å². The van der Waals surface area contributed by atoms with Gasteiger partial charge in [0, 0.05) is 16.5 Å². The Bertz CT molecular complexity index is 2090. The van der Waals surface area contributed by atoms with Gasteiger partial charge in [-0.15, -0.1) is 0 Å². The third kappa shape index (κ3) is 3.73. The van der Waals surface area contributed by atoms with Crippen molar-refractivity contribution in [1.29, 1.82) is 0 Å². The fourth-order valence-electron chi connectivity index (χ4n) is 5.36. The van der Waals surface area contributed by atoms with Crippen LogP contribution in [0.1, 0.15) is 0 Å². The van der Waals surface area contributed by atoms with E-state index in [1.165, 1.54) is 16.2 Å². The van der Waals surface area contributed by atoms with Crippen LogP contribution in [0, 0.1) is 0 Å². The Kier molecular flexibility index (Phi) is 4.79. The molecule has 0 aliphatic heterocycles. The Morgan fingerprint density at radius 2 is 1.00 bits per heavy atom. The minimum absolute atomic E-state index is 0.684. The van der Waals surface area contributed by atoms with Gasteiger partial charge in [-0.05, 0) is 57.9 Å². The second-order valence-electron chi connectivity index (χ2n) is 9.84. The van der Waals surface area contributed by atoms with Crippen molar-refractivity contribution in [1.82, 2.24) is 19.6 Å². The van der Waals surface area contributed by atoms with Crippen LogP contribution >= 0.6 is 0 Å². The van der Waals surface area contributed by atoms with Gasteiger partial charge in [0.1, 0.15) is 5.69 Å². The molecule has 3 heterocycles. The van der Waals surface area contributed by atoms with Gasteiger partial charge in [-0.1, -0.05) is 97.1 Å². The molecule has 0 amide bonds. The summed E-state index contributed by atoms with van der Waals surface area (Å²) >= 11 is 0. The van der Waals surface area contributed by atoms with Crippen molar-refractivity contribution < 1.29 is 0 Å². The quantitative estimate of drug-likeness (QED) is 0.245. The zero-order chi connectivity index (χ0) is 25.8. The first kappa shape index (κ1) is 21.7. The zero-order valence-electron chi connectivity index (χ0n) is 21.0. The molecule has 0 unspecified atom stereocenters. The molecule has 0 spiro atoms. The average molecular weight is 499 g/mol. The van der Waals surface area contributed by atoms with E-state index in [2.05, 4.69) is 127 Å². The number of fused-ring (bicyclic) bond motifs is 5. The Hall–Kier alpha value is -5.35. The predicted octanol–water partition coefficient (Wildman–Crippen LogP) is 8.58. The monoisotopic (exact) mass is 498 g/mol. The molecule has 8 aromatic rings. The van der Waals surface area contributed by atoms with E-state index in [1.54, 1.807) is 0 Å². The number of aromatic nitrogens is 4. The number of hydrogen-bond acceptors (Lipinski definition) is 3. The SMILES string of the molecule is c1ccc2cc(-c3cc(-c4cc5ccc6ccccc6n5n4)nc(-c4ccc5ccccc5c4)n3)ccc2c1. The van der Waals surface area contributed by atoms with Crippen LogP contribution in [0.25, 0.3) is 72.0 Å². The highest BCUT2D eigenvalue weighted by molar-refractivity contribution is 5.89. The highest BCUT2D eigenvalue weighted by Crippen LogP contribution is 2.31. The van der Waals surface area contributed by atoms with Gasteiger partial charge in [-0.3, -0.25) is 0 Å². The van der Waals surface area contributed by atoms with Gasteiger partial charge < -0.3 is 0 Å². The van der Waals surface area contributed by atoms with Crippen LogP contribution in [0.4, 0.5) is 0 Å². The van der Waals surface area contributed by atoms with Gasteiger partial charge in [-0.25, -0.2) is 14.5 Å². The van der Waals surface area contributed by atoms with E-state index in [4.69, 9.17) is 15.1 Å². The van der Waals surface area contributed by atoms with Gasteiger partial charge in [0.15, 0.2) is 5.82 Å². The van der Waals surface area contributed by atoms with Gasteiger partial charge in [-0.2, -0.15) is 5.10 Å². The fraction of sp³-hybridized carbons (Fsp3) is 0. The maximum atomic E-state index is 5.07. The van der Waals surface area contributed by atoms with Gasteiger partial charge >= 0.3 is 0 Å². The molecule has 0 aliphatic carbocycles. The summed E-state index contributed by atoms with van der Waals surface area (Å²) in [5.74, 6) is 0.684. The van der Waals surface area contributed by atoms with E-state index in [0.717, 1.165) is 50.0 Å². The van der Waals surface area contributed by atoms with Crippen molar-refractivity contribution in [3.8, 4) is 34.0 Å². The molecule has 5 aromatic carbocycles. The molecule has 0 atom stereocenters.